The Labute approximate surface area is 117 Å². The van der Waals surface area contributed by atoms with E-state index >= 15 is 0 Å². The molecule has 0 unspecified atom stereocenters. The van der Waals surface area contributed by atoms with Gasteiger partial charge in [0.05, 0.1) is 11.9 Å². The van der Waals surface area contributed by atoms with Crippen molar-refractivity contribution < 1.29 is 4.79 Å². The lowest BCUT2D eigenvalue weighted by molar-refractivity contribution is 0.0793. The van der Waals surface area contributed by atoms with E-state index in [1.807, 2.05) is 4.90 Å². The van der Waals surface area contributed by atoms with Crippen molar-refractivity contribution >= 4 is 36.1 Å². The van der Waals surface area contributed by atoms with Crippen molar-refractivity contribution in [2.24, 2.45) is 0 Å². The van der Waals surface area contributed by atoms with E-state index in [1.54, 1.807) is 12.1 Å². The van der Waals surface area contributed by atoms with Crippen LogP contribution in [0.3, 0.4) is 0 Å². The van der Waals surface area contributed by atoms with E-state index in [2.05, 4.69) is 22.2 Å². The van der Waals surface area contributed by atoms with E-state index in [1.165, 1.54) is 9.71 Å². The molecular formula is C12H17IN4O. The van der Waals surface area contributed by atoms with Gasteiger partial charge in [-0.15, -0.1) is 0 Å². The molecule has 0 saturated carbocycles. The summed E-state index contributed by atoms with van der Waals surface area (Å²) in [6, 6.07) is 3.41. The molecule has 1 aliphatic heterocycles. The Bertz CT molecular complexity index is 469. The number of likely N-dealkylation sites (tertiary alicyclic amines) is 1. The van der Waals surface area contributed by atoms with Crippen LogP contribution in [0.15, 0.2) is 18.3 Å². The molecule has 0 atom stereocenters. The molecule has 1 fully saturated rings. The molecule has 1 aliphatic rings. The standard InChI is InChI=1S/C12H17IN4O/c1-16(2)13-9-5-6-17(8-9)12(18)11-4-3-10(14)7-15-11/h3-4,7H,5-6,8,14H2,1-2H3. The van der Waals surface area contributed by atoms with Crippen LogP contribution in [0.4, 0.5) is 5.69 Å². The van der Waals surface area contributed by atoms with Crippen LogP contribution < -0.4 is 5.73 Å². The van der Waals surface area contributed by atoms with Gasteiger partial charge in [-0.1, -0.05) is 0 Å². The van der Waals surface area contributed by atoms with Gasteiger partial charge in [0.1, 0.15) is 5.69 Å². The smallest absolute Gasteiger partial charge is 0.272 e. The average molecular weight is 360 g/mol. The quantitative estimate of drug-likeness (QED) is 0.635. The predicted octanol–water partition coefficient (Wildman–Crippen LogP) is 1.13. The lowest BCUT2D eigenvalue weighted by Gasteiger charge is -2.14. The monoisotopic (exact) mass is 360 g/mol. The molecule has 2 N–H and O–H groups in total. The number of nitrogens with zero attached hydrogens (tertiary/aromatic N) is 3. The zero-order chi connectivity index (χ0) is 13.1. The maximum Gasteiger partial charge on any atom is 0.272 e. The van der Waals surface area contributed by atoms with Crippen molar-refractivity contribution in [2.75, 3.05) is 32.9 Å². The normalized spacial score (nSPS) is 18.2. The molecule has 1 aromatic rings. The van der Waals surface area contributed by atoms with Gasteiger partial charge in [0.2, 0.25) is 0 Å². The van der Waals surface area contributed by atoms with Gasteiger partial charge in [-0.3, -0.25) is 7.91 Å². The fourth-order valence-corrected chi connectivity index (χ4v) is 4.21. The van der Waals surface area contributed by atoms with Crippen LogP contribution >= 0.6 is 21.0 Å². The third-order valence-electron chi connectivity index (χ3n) is 2.60. The molecule has 0 aliphatic carbocycles. The molecule has 0 spiro atoms. The van der Waals surface area contributed by atoms with Crippen LogP contribution in [0.25, 0.3) is 0 Å². The summed E-state index contributed by atoms with van der Waals surface area (Å²) >= 11 is -0.0507. The number of anilines is 1. The Morgan fingerprint density at radius 3 is 2.89 bits per heavy atom. The highest BCUT2D eigenvalue weighted by molar-refractivity contribution is 14.2. The van der Waals surface area contributed by atoms with Crippen LogP contribution in [0.5, 0.6) is 0 Å². The third-order valence-corrected chi connectivity index (χ3v) is 5.12. The number of pyridine rings is 1. The minimum Gasteiger partial charge on any atom is -0.397 e. The van der Waals surface area contributed by atoms with Gasteiger partial charge in [-0.25, -0.2) is 4.98 Å². The molecular weight excluding hydrogens is 343 g/mol. The van der Waals surface area contributed by atoms with Crippen molar-refractivity contribution in [1.82, 2.24) is 13.0 Å². The fourth-order valence-electron chi connectivity index (χ4n) is 1.80. The number of carbonyl (C=O) groups is 1. The van der Waals surface area contributed by atoms with Crippen molar-refractivity contribution in [3.8, 4) is 0 Å². The lowest BCUT2D eigenvalue weighted by atomic mass is 10.3. The number of hydrogen-bond acceptors (Lipinski definition) is 4. The maximum absolute atomic E-state index is 12.2. The zero-order valence-corrected chi connectivity index (χ0v) is 12.7. The topological polar surface area (TPSA) is 62.5 Å². The van der Waals surface area contributed by atoms with E-state index in [-0.39, 0.29) is 26.9 Å². The summed E-state index contributed by atoms with van der Waals surface area (Å²) in [6.07, 6.45) is 2.56. The number of aromatic nitrogens is 1. The Morgan fingerprint density at radius 1 is 1.50 bits per heavy atom. The molecule has 18 heavy (non-hydrogen) atoms. The van der Waals surface area contributed by atoms with E-state index in [9.17, 15) is 4.79 Å². The maximum atomic E-state index is 12.2. The number of carbonyl (C=O) groups excluding carboxylic acids is 1. The second kappa shape index (κ2) is 5.75. The average Bonchev–Trinajstić information content (AvgIpc) is 2.76. The Kier molecular flexibility index (Phi) is 4.28. The molecule has 1 amide bonds. The molecule has 98 valence electrons. The Morgan fingerprint density at radius 2 is 2.28 bits per heavy atom. The molecule has 0 aromatic carbocycles. The zero-order valence-electron chi connectivity index (χ0n) is 10.6. The van der Waals surface area contributed by atoms with Crippen molar-refractivity contribution in [1.29, 1.82) is 0 Å². The number of halogens is 1. The van der Waals surface area contributed by atoms with E-state index in [0.717, 1.165) is 19.5 Å². The molecule has 6 heteroatoms. The summed E-state index contributed by atoms with van der Waals surface area (Å²) in [5.41, 5.74) is 6.63. The van der Waals surface area contributed by atoms with E-state index < -0.39 is 0 Å². The minimum absolute atomic E-state index is 0.00719. The summed E-state index contributed by atoms with van der Waals surface area (Å²) in [4.78, 5) is 18.2. The van der Waals surface area contributed by atoms with Crippen LogP contribution in [0, 0.1) is 0 Å². The number of amides is 1. The van der Waals surface area contributed by atoms with Crippen LogP contribution in [-0.4, -0.2) is 49.6 Å². The first-order valence-corrected chi connectivity index (χ1v) is 7.78. The van der Waals surface area contributed by atoms with Crippen molar-refractivity contribution in [3.05, 3.63) is 24.0 Å². The van der Waals surface area contributed by atoms with Crippen LogP contribution in [-0.2, 0) is 0 Å². The van der Waals surface area contributed by atoms with Gasteiger partial charge in [-0.2, -0.15) is 0 Å². The summed E-state index contributed by atoms with van der Waals surface area (Å²) in [6.45, 7) is 1.60. The summed E-state index contributed by atoms with van der Waals surface area (Å²) in [5.74, 6) is 0.00719. The van der Waals surface area contributed by atoms with Crippen molar-refractivity contribution in [2.45, 2.75) is 6.42 Å². The largest absolute Gasteiger partial charge is 0.397 e. The highest BCUT2D eigenvalue weighted by Crippen LogP contribution is 2.17. The third kappa shape index (κ3) is 3.26. The van der Waals surface area contributed by atoms with Gasteiger partial charge in [0.15, 0.2) is 0 Å². The molecule has 2 heterocycles. The second-order valence-corrected chi connectivity index (χ2v) is 8.28. The van der Waals surface area contributed by atoms with Gasteiger partial charge in [0.25, 0.3) is 5.91 Å². The predicted molar refractivity (Wildman–Crippen MR) is 81.9 cm³/mol. The van der Waals surface area contributed by atoms with Crippen molar-refractivity contribution in [3.63, 3.8) is 0 Å². The van der Waals surface area contributed by atoms with Gasteiger partial charge in [-0.05, 0) is 57.2 Å². The Hall–Kier alpha value is -1.02. The molecule has 2 rings (SSSR count). The van der Waals surface area contributed by atoms with Gasteiger partial charge < -0.3 is 10.6 Å². The fraction of sp³-hybridized carbons (Fsp3) is 0.417. The SMILES string of the molecule is CN(C)I=C1CCN(C(=O)c2ccc(N)cn2)C1. The second-order valence-electron chi connectivity index (χ2n) is 4.34. The molecule has 0 radical (unpaired) electrons. The van der Waals surface area contributed by atoms with Crippen LogP contribution in [0.1, 0.15) is 16.9 Å². The summed E-state index contributed by atoms with van der Waals surface area (Å²) in [7, 11) is 4.18. The highest BCUT2D eigenvalue weighted by atomic mass is 127. The molecule has 0 bridgehead atoms. The first-order valence-electron chi connectivity index (χ1n) is 5.74. The molecule has 1 saturated heterocycles. The first kappa shape index (κ1) is 13.4. The summed E-state index contributed by atoms with van der Waals surface area (Å²) in [5, 5.41) is 0. The number of nitrogens with two attached hydrogens (primary N) is 1. The molecule has 5 nitrogen and oxygen atoms in total. The summed E-state index contributed by atoms with van der Waals surface area (Å²) < 4.78 is 3.74. The number of nitrogen functional groups attached to an aromatic ring is 1. The molecule has 1 aromatic heterocycles. The highest BCUT2D eigenvalue weighted by Gasteiger charge is 2.23. The number of rotatable bonds is 2. The van der Waals surface area contributed by atoms with Gasteiger partial charge >= 0.3 is 0 Å². The number of hydrogen-bond donors (Lipinski definition) is 1. The van der Waals surface area contributed by atoms with Gasteiger partial charge in [0, 0.05) is 13.1 Å². The van der Waals surface area contributed by atoms with Crippen LogP contribution in [0.2, 0.25) is 0 Å². The lowest BCUT2D eigenvalue weighted by Crippen LogP contribution is -2.29. The Balaban J connectivity index is 2.05. The first-order chi connectivity index (χ1) is 8.56. The van der Waals surface area contributed by atoms with E-state index in [0.29, 0.717) is 11.4 Å². The minimum atomic E-state index is -0.0507. The van der Waals surface area contributed by atoms with E-state index in [4.69, 9.17) is 5.73 Å².